The molecule has 4 aromatic rings. The number of methoxy groups -OCH3 is 1. The van der Waals surface area contributed by atoms with E-state index >= 15 is 0 Å². The fourth-order valence-electron chi connectivity index (χ4n) is 4.33. The Morgan fingerprint density at radius 1 is 1.06 bits per heavy atom. The minimum Gasteiger partial charge on any atom is -0.508 e. The Morgan fingerprint density at radius 2 is 1.81 bits per heavy atom. The molecule has 1 fully saturated rings. The Labute approximate surface area is 180 Å². The number of nitrogens with zero attached hydrogens (tertiary/aromatic N) is 2. The summed E-state index contributed by atoms with van der Waals surface area (Å²) in [5.74, 6) is 2.18. The number of aromatic amines is 1. The third kappa shape index (κ3) is 3.65. The number of rotatable bonds is 5. The lowest BCUT2D eigenvalue weighted by atomic mass is 9.99. The molecule has 0 atom stereocenters. The number of benzene rings is 2. The van der Waals surface area contributed by atoms with Crippen molar-refractivity contribution in [1.29, 1.82) is 0 Å². The number of hydrogen-bond acceptors (Lipinski definition) is 6. The lowest BCUT2D eigenvalue weighted by Crippen LogP contribution is -2.30. The van der Waals surface area contributed by atoms with Crippen LogP contribution >= 0.6 is 0 Å². The molecule has 0 bridgehead atoms. The van der Waals surface area contributed by atoms with Crippen LogP contribution in [-0.2, 0) is 0 Å². The normalized spacial score (nSPS) is 14.9. The number of nitrogens with one attached hydrogen (secondary N) is 2. The summed E-state index contributed by atoms with van der Waals surface area (Å²) in [7, 11) is 1.66. The van der Waals surface area contributed by atoms with Crippen molar-refractivity contribution in [2.24, 2.45) is 5.92 Å². The van der Waals surface area contributed by atoms with Gasteiger partial charge >= 0.3 is 0 Å². The summed E-state index contributed by atoms with van der Waals surface area (Å²) < 4.78 is 12.0. The maximum absolute atomic E-state index is 9.70. The molecule has 5 rings (SSSR count). The Kier molecular flexibility index (Phi) is 5.11. The second-order valence-electron chi connectivity index (χ2n) is 8.09. The minimum atomic E-state index is 0.220. The zero-order valence-electron chi connectivity index (χ0n) is 17.7. The van der Waals surface area contributed by atoms with Crippen molar-refractivity contribution in [2.75, 3.05) is 26.8 Å². The molecule has 1 aliphatic heterocycles. The number of fused-ring (bicyclic) bond motifs is 3. The van der Waals surface area contributed by atoms with Crippen molar-refractivity contribution in [3.63, 3.8) is 0 Å². The number of phenols is 1. The van der Waals surface area contributed by atoms with Crippen LogP contribution in [0.25, 0.3) is 33.1 Å². The maximum Gasteiger partial charge on any atom is 0.161 e. The summed E-state index contributed by atoms with van der Waals surface area (Å²) in [6, 6.07) is 11.1. The van der Waals surface area contributed by atoms with Crippen molar-refractivity contribution in [3.05, 3.63) is 42.1 Å². The molecule has 2 aromatic carbocycles. The van der Waals surface area contributed by atoms with Gasteiger partial charge in [-0.15, -0.1) is 0 Å². The Hall–Kier alpha value is -3.32. The van der Waals surface area contributed by atoms with Gasteiger partial charge < -0.3 is 19.9 Å². The van der Waals surface area contributed by atoms with Gasteiger partial charge in [0, 0.05) is 21.7 Å². The third-order valence-corrected chi connectivity index (χ3v) is 6.05. The molecule has 0 saturated carbocycles. The molecule has 0 aliphatic carbocycles. The van der Waals surface area contributed by atoms with Gasteiger partial charge in [-0.3, -0.25) is 5.10 Å². The van der Waals surface area contributed by atoms with Crippen molar-refractivity contribution in [3.8, 4) is 28.5 Å². The van der Waals surface area contributed by atoms with Crippen LogP contribution in [0.2, 0.25) is 0 Å². The molecule has 31 heavy (non-hydrogen) atoms. The van der Waals surface area contributed by atoms with E-state index in [9.17, 15) is 5.11 Å². The number of pyridine rings is 1. The molecule has 0 unspecified atom stereocenters. The lowest BCUT2D eigenvalue weighted by Gasteiger charge is -2.23. The average molecular weight is 418 g/mol. The molecule has 3 N–H and O–H groups in total. The average Bonchev–Trinajstić information content (AvgIpc) is 3.18. The third-order valence-electron chi connectivity index (χ3n) is 6.05. The van der Waals surface area contributed by atoms with Gasteiger partial charge in [-0.05, 0) is 75.2 Å². The van der Waals surface area contributed by atoms with Gasteiger partial charge in [0.1, 0.15) is 5.75 Å². The second kappa shape index (κ2) is 8.07. The van der Waals surface area contributed by atoms with Gasteiger partial charge in [0.05, 0.1) is 25.1 Å². The number of aromatic hydroxyl groups is 1. The van der Waals surface area contributed by atoms with E-state index < -0.39 is 0 Å². The molecule has 160 valence electrons. The first-order valence-corrected chi connectivity index (χ1v) is 10.6. The molecule has 1 aliphatic rings. The van der Waals surface area contributed by atoms with Crippen LogP contribution in [0.15, 0.2) is 36.4 Å². The highest BCUT2D eigenvalue weighted by molar-refractivity contribution is 6.12. The number of aromatic nitrogens is 3. The number of phenolic OH excluding ortho intramolecular Hbond substituents is 1. The van der Waals surface area contributed by atoms with E-state index in [1.54, 1.807) is 19.2 Å². The number of H-pyrrole nitrogens is 1. The lowest BCUT2D eigenvalue weighted by molar-refractivity contribution is 0.208. The fourth-order valence-corrected chi connectivity index (χ4v) is 4.33. The molecular weight excluding hydrogens is 392 g/mol. The zero-order valence-corrected chi connectivity index (χ0v) is 17.7. The van der Waals surface area contributed by atoms with Crippen molar-refractivity contribution >= 4 is 21.8 Å². The van der Waals surface area contributed by atoms with E-state index in [4.69, 9.17) is 14.5 Å². The number of ether oxygens (including phenoxy) is 2. The Bertz CT molecular complexity index is 1230. The predicted octanol–water partition coefficient (Wildman–Crippen LogP) is 4.18. The van der Waals surface area contributed by atoms with Crippen molar-refractivity contribution in [2.45, 2.75) is 19.8 Å². The maximum atomic E-state index is 9.70. The smallest absolute Gasteiger partial charge is 0.161 e. The number of piperidine rings is 1. The predicted molar refractivity (Wildman–Crippen MR) is 121 cm³/mol. The largest absolute Gasteiger partial charge is 0.508 e. The molecular formula is C24H26N4O3. The Balaban J connectivity index is 1.65. The first kappa shape index (κ1) is 19.6. The summed E-state index contributed by atoms with van der Waals surface area (Å²) in [5, 5.41) is 23.5. The van der Waals surface area contributed by atoms with Gasteiger partial charge in [0.25, 0.3) is 0 Å². The summed E-state index contributed by atoms with van der Waals surface area (Å²) >= 11 is 0. The highest BCUT2D eigenvalue weighted by atomic mass is 16.5. The molecule has 0 radical (unpaired) electrons. The van der Waals surface area contributed by atoms with Crippen LogP contribution in [0.4, 0.5) is 0 Å². The molecule has 3 heterocycles. The van der Waals surface area contributed by atoms with Crippen LogP contribution in [0.1, 0.15) is 18.5 Å². The standard InChI is InChI=1S/C24H26N4O3/c1-14-22-18-11-21(31-13-15-7-9-25-10-8-15)20(30-2)12-19(18)23(26-24(22)28-27-14)16-3-5-17(29)6-4-16/h3-6,11-12,15,25,29H,7-10,13H2,1-2H3,(H,26,27,28). The van der Waals surface area contributed by atoms with Gasteiger partial charge in [-0.25, -0.2) is 4.98 Å². The summed E-state index contributed by atoms with van der Waals surface area (Å²) in [5.41, 5.74) is 3.32. The summed E-state index contributed by atoms with van der Waals surface area (Å²) in [6.07, 6.45) is 2.24. The van der Waals surface area contributed by atoms with E-state index in [0.29, 0.717) is 18.3 Å². The summed E-state index contributed by atoms with van der Waals surface area (Å²) in [6.45, 7) is 4.73. The van der Waals surface area contributed by atoms with E-state index in [-0.39, 0.29) is 5.75 Å². The van der Waals surface area contributed by atoms with Gasteiger partial charge in [-0.2, -0.15) is 5.10 Å². The number of hydrogen-bond donors (Lipinski definition) is 3. The Morgan fingerprint density at radius 3 is 2.55 bits per heavy atom. The number of aryl methyl sites for hydroxylation is 1. The van der Waals surface area contributed by atoms with Crippen LogP contribution in [0.3, 0.4) is 0 Å². The zero-order chi connectivity index (χ0) is 21.4. The van der Waals surface area contributed by atoms with Crippen LogP contribution in [0, 0.1) is 12.8 Å². The van der Waals surface area contributed by atoms with Gasteiger partial charge in [-0.1, -0.05) is 0 Å². The monoisotopic (exact) mass is 418 g/mol. The molecule has 7 heteroatoms. The van der Waals surface area contributed by atoms with Crippen molar-refractivity contribution in [1.82, 2.24) is 20.5 Å². The topological polar surface area (TPSA) is 92.3 Å². The molecule has 2 aromatic heterocycles. The second-order valence-corrected chi connectivity index (χ2v) is 8.09. The first-order valence-electron chi connectivity index (χ1n) is 10.6. The fraction of sp³-hybridized carbons (Fsp3) is 0.333. The highest BCUT2D eigenvalue weighted by Crippen LogP contribution is 2.40. The minimum absolute atomic E-state index is 0.220. The van der Waals surface area contributed by atoms with E-state index in [1.165, 1.54) is 0 Å². The van der Waals surface area contributed by atoms with Crippen LogP contribution in [-0.4, -0.2) is 47.1 Å². The SMILES string of the molecule is COc1cc2c(-c3ccc(O)cc3)nc3[nH]nc(C)c3c2cc1OCC1CCNCC1. The highest BCUT2D eigenvalue weighted by Gasteiger charge is 2.19. The molecule has 7 nitrogen and oxygen atoms in total. The first-order chi connectivity index (χ1) is 15.1. The molecule has 0 spiro atoms. The van der Waals surface area contributed by atoms with E-state index in [2.05, 4.69) is 15.5 Å². The quantitative estimate of drug-likeness (QED) is 0.450. The van der Waals surface area contributed by atoms with Crippen LogP contribution in [0.5, 0.6) is 17.2 Å². The van der Waals surface area contributed by atoms with Gasteiger partial charge in [0.2, 0.25) is 0 Å². The van der Waals surface area contributed by atoms with E-state index in [0.717, 1.165) is 70.4 Å². The van der Waals surface area contributed by atoms with Crippen molar-refractivity contribution < 1.29 is 14.6 Å². The molecule has 0 amide bonds. The molecule has 1 saturated heterocycles. The summed E-state index contributed by atoms with van der Waals surface area (Å²) in [4.78, 5) is 4.85. The van der Waals surface area contributed by atoms with Crippen LogP contribution < -0.4 is 14.8 Å². The van der Waals surface area contributed by atoms with E-state index in [1.807, 2.05) is 31.2 Å². The van der Waals surface area contributed by atoms with Gasteiger partial charge in [0.15, 0.2) is 17.1 Å².